The third-order valence-corrected chi connectivity index (χ3v) is 4.16. The molecule has 6 nitrogen and oxygen atoms in total. The molecule has 0 unspecified atom stereocenters. The standard InChI is InChI=1S/C16H21N3O3/c1-11-4-6-12(7-5-11)17-14(20)8-9-15-18-16(19-22-15)13-3-2-10-21-13/h2-3,10-12H,4-9H2,1H3,(H,17,20). The van der Waals surface area contributed by atoms with Crippen LogP contribution < -0.4 is 5.32 Å². The Labute approximate surface area is 129 Å². The van der Waals surface area contributed by atoms with Crippen LogP contribution in [0.1, 0.15) is 44.9 Å². The Morgan fingerprint density at radius 1 is 1.36 bits per heavy atom. The second-order valence-electron chi connectivity index (χ2n) is 6.01. The summed E-state index contributed by atoms with van der Waals surface area (Å²) in [7, 11) is 0. The topological polar surface area (TPSA) is 81.2 Å². The van der Waals surface area contributed by atoms with Crippen molar-refractivity contribution in [2.24, 2.45) is 5.92 Å². The Hall–Kier alpha value is -2.11. The van der Waals surface area contributed by atoms with E-state index in [0.717, 1.165) is 18.8 Å². The van der Waals surface area contributed by atoms with Crippen molar-refractivity contribution < 1.29 is 13.7 Å². The van der Waals surface area contributed by atoms with Crippen LogP contribution in [0.3, 0.4) is 0 Å². The number of nitrogens with one attached hydrogen (secondary N) is 1. The molecule has 1 amide bonds. The lowest BCUT2D eigenvalue weighted by Crippen LogP contribution is -2.37. The highest BCUT2D eigenvalue weighted by Gasteiger charge is 2.20. The number of carbonyl (C=O) groups is 1. The van der Waals surface area contributed by atoms with Crippen LogP contribution in [0.15, 0.2) is 27.3 Å². The SMILES string of the molecule is CC1CCC(NC(=O)CCc2nc(-c3ccco3)no2)CC1. The zero-order valence-corrected chi connectivity index (χ0v) is 12.7. The molecule has 22 heavy (non-hydrogen) atoms. The van der Waals surface area contributed by atoms with Crippen LogP contribution in [0.4, 0.5) is 0 Å². The van der Waals surface area contributed by atoms with Gasteiger partial charge < -0.3 is 14.3 Å². The highest BCUT2D eigenvalue weighted by Crippen LogP contribution is 2.23. The molecule has 1 N–H and O–H groups in total. The van der Waals surface area contributed by atoms with E-state index in [2.05, 4.69) is 22.4 Å². The minimum absolute atomic E-state index is 0.0531. The van der Waals surface area contributed by atoms with Crippen LogP contribution in [0.2, 0.25) is 0 Å². The molecule has 1 fully saturated rings. The Morgan fingerprint density at radius 2 is 2.18 bits per heavy atom. The van der Waals surface area contributed by atoms with E-state index in [1.165, 1.54) is 12.8 Å². The van der Waals surface area contributed by atoms with Crippen LogP contribution in [0.25, 0.3) is 11.6 Å². The second-order valence-corrected chi connectivity index (χ2v) is 6.01. The van der Waals surface area contributed by atoms with Gasteiger partial charge in [0.15, 0.2) is 5.76 Å². The monoisotopic (exact) mass is 303 g/mol. The molecule has 1 aliphatic carbocycles. The molecule has 2 aromatic heterocycles. The Balaban J connectivity index is 1.45. The molecule has 1 aliphatic rings. The molecule has 0 spiro atoms. The normalized spacial score (nSPS) is 21.7. The minimum atomic E-state index is 0.0531. The first-order chi connectivity index (χ1) is 10.7. The van der Waals surface area contributed by atoms with E-state index < -0.39 is 0 Å². The van der Waals surface area contributed by atoms with Gasteiger partial charge in [0.2, 0.25) is 17.6 Å². The zero-order valence-electron chi connectivity index (χ0n) is 12.7. The maximum Gasteiger partial charge on any atom is 0.238 e. The van der Waals surface area contributed by atoms with Gasteiger partial charge in [-0.05, 0) is 43.7 Å². The van der Waals surface area contributed by atoms with Gasteiger partial charge in [-0.15, -0.1) is 0 Å². The summed E-state index contributed by atoms with van der Waals surface area (Å²) < 4.78 is 10.3. The summed E-state index contributed by atoms with van der Waals surface area (Å²) >= 11 is 0. The first kappa shape index (κ1) is 14.8. The molecule has 0 saturated heterocycles. The van der Waals surface area contributed by atoms with E-state index in [4.69, 9.17) is 8.94 Å². The first-order valence-corrected chi connectivity index (χ1v) is 7.86. The molecular formula is C16H21N3O3. The van der Waals surface area contributed by atoms with Gasteiger partial charge in [-0.3, -0.25) is 4.79 Å². The van der Waals surface area contributed by atoms with Crippen LogP contribution in [-0.2, 0) is 11.2 Å². The second kappa shape index (κ2) is 6.77. The van der Waals surface area contributed by atoms with Gasteiger partial charge in [-0.2, -0.15) is 4.98 Å². The molecule has 0 aromatic carbocycles. The summed E-state index contributed by atoms with van der Waals surface area (Å²) in [6, 6.07) is 3.86. The van der Waals surface area contributed by atoms with Crippen molar-refractivity contribution >= 4 is 5.91 Å². The van der Waals surface area contributed by atoms with Crippen LogP contribution in [-0.4, -0.2) is 22.1 Å². The van der Waals surface area contributed by atoms with Gasteiger partial charge in [0.1, 0.15) is 0 Å². The summed E-state index contributed by atoms with van der Waals surface area (Å²) in [6.07, 6.45) is 6.92. The van der Waals surface area contributed by atoms with Crippen molar-refractivity contribution in [3.05, 3.63) is 24.3 Å². The molecule has 0 bridgehead atoms. The predicted octanol–water partition coefficient (Wildman–Crippen LogP) is 2.96. The first-order valence-electron chi connectivity index (χ1n) is 7.86. The summed E-state index contributed by atoms with van der Waals surface area (Å²) in [4.78, 5) is 16.2. The number of aromatic nitrogens is 2. The lowest BCUT2D eigenvalue weighted by molar-refractivity contribution is -0.122. The van der Waals surface area contributed by atoms with Crippen LogP contribution in [0.5, 0.6) is 0 Å². The highest BCUT2D eigenvalue weighted by molar-refractivity contribution is 5.76. The van der Waals surface area contributed by atoms with Gasteiger partial charge in [0.05, 0.1) is 6.26 Å². The quantitative estimate of drug-likeness (QED) is 0.918. The summed E-state index contributed by atoms with van der Waals surface area (Å²) in [5, 5.41) is 6.95. The molecule has 2 heterocycles. The predicted molar refractivity (Wildman–Crippen MR) is 79.9 cm³/mol. The molecule has 0 aliphatic heterocycles. The summed E-state index contributed by atoms with van der Waals surface area (Å²) in [6.45, 7) is 2.27. The minimum Gasteiger partial charge on any atom is -0.461 e. The van der Waals surface area contributed by atoms with E-state index in [0.29, 0.717) is 36.4 Å². The average molecular weight is 303 g/mol. The molecular weight excluding hydrogens is 282 g/mol. The van der Waals surface area contributed by atoms with Crippen molar-refractivity contribution in [3.63, 3.8) is 0 Å². The van der Waals surface area contributed by atoms with Crippen molar-refractivity contribution in [2.75, 3.05) is 0 Å². The number of furan rings is 1. The van der Waals surface area contributed by atoms with Gasteiger partial charge in [0, 0.05) is 18.9 Å². The fourth-order valence-corrected chi connectivity index (χ4v) is 2.79. The maximum absolute atomic E-state index is 12.0. The lowest BCUT2D eigenvalue weighted by Gasteiger charge is -2.26. The van der Waals surface area contributed by atoms with Gasteiger partial charge in [-0.1, -0.05) is 12.1 Å². The molecule has 2 aromatic rings. The Kier molecular flexibility index (Phi) is 4.56. The van der Waals surface area contributed by atoms with Crippen LogP contribution in [0, 0.1) is 5.92 Å². The molecule has 0 radical (unpaired) electrons. The van der Waals surface area contributed by atoms with Gasteiger partial charge in [0.25, 0.3) is 0 Å². The largest absolute Gasteiger partial charge is 0.461 e. The number of nitrogens with zero attached hydrogens (tertiary/aromatic N) is 2. The lowest BCUT2D eigenvalue weighted by atomic mass is 9.87. The van der Waals surface area contributed by atoms with E-state index in [-0.39, 0.29) is 5.91 Å². The number of aryl methyl sites for hydroxylation is 1. The highest BCUT2D eigenvalue weighted by atomic mass is 16.5. The fraction of sp³-hybridized carbons (Fsp3) is 0.562. The zero-order chi connectivity index (χ0) is 15.4. The van der Waals surface area contributed by atoms with E-state index in [9.17, 15) is 4.79 Å². The number of hydrogen-bond acceptors (Lipinski definition) is 5. The number of hydrogen-bond donors (Lipinski definition) is 1. The van der Waals surface area contributed by atoms with Gasteiger partial charge >= 0.3 is 0 Å². The third kappa shape index (κ3) is 3.75. The average Bonchev–Trinajstić information content (AvgIpc) is 3.18. The van der Waals surface area contributed by atoms with Crippen molar-refractivity contribution in [2.45, 2.75) is 51.5 Å². The van der Waals surface area contributed by atoms with Crippen molar-refractivity contribution in [1.82, 2.24) is 15.5 Å². The van der Waals surface area contributed by atoms with Crippen LogP contribution >= 0.6 is 0 Å². The van der Waals surface area contributed by atoms with E-state index in [1.807, 2.05) is 0 Å². The van der Waals surface area contributed by atoms with Crippen molar-refractivity contribution in [1.29, 1.82) is 0 Å². The van der Waals surface area contributed by atoms with Gasteiger partial charge in [-0.25, -0.2) is 0 Å². The molecule has 0 atom stereocenters. The molecule has 6 heteroatoms. The smallest absolute Gasteiger partial charge is 0.238 e. The Bertz CT molecular complexity index is 598. The number of carbonyl (C=O) groups excluding carboxylic acids is 1. The van der Waals surface area contributed by atoms with Crippen molar-refractivity contribution in [3.8, 4) is 11.6 Å². The molecule has 118 valence electrons. The molecule has 3 rings (SSSR count). The summed E-state index contributed by atoms with van der Waals surface area (Å²) in [5.41, 5.74) is 0. The fourth-order valence-electron chi connectivity index (χ4n) is 2.79. The third-order valence-electron chi connectivity index (χ3n) is 4.16. The van der Waals surface area contributed by atoms with E-state index in [1.54, 1.807) is 18.4 Å². The Morgan fingerprint density at radius 3 is 2.91 bits per heavy atom. The number of rotatable bonds is 5. The van der Waals surface area contributed by atoms with E-state index >= 15 is 0 Å². The number of amides is 1. The molecule has 1 saturated carbocycles. The summed E-state index contributed by atoms with van der Waals surface area (Å²) in [5.74, 6) is 2.28. The maximum atomic E-state index is 12.0.